The van der Waals surface area contributed by atoms with Crippen molar-refractivity contribution in [3.8, 4) is 0 Å². The van der Waals surface area contributed by atoms with Crippen molar-refractivity contribution in [3.05, 3.63) is 29.8 Å². The molecule has 1 aliphatic carbocycles. The topological polar surface area (TPSA) is 66.9 Å². The number of nitrogens with zero attached hydrogens (tertiary/aromatic N) is 2. The smallest absolute Gasteiger partial charge is 0.253 e. The van der Waals surface area contributed by atoms with E-state index >= 15 is 0 Å². The largest absolute Gasteiger partial charge is 0.379 e. The summed E-state index contributed by atoms with van der Waals surface area (Å²) >= 11 is 0. The molecular formula is C18H26N2O4S. The number of amides is 1. The second kappa shape index (κ2) is 7.85. The molecule has 2 aliphatic rings. The van der Waals surface area contributed by atoms with Gasteiger partial charge in [-0.1, -0.05) is 18.9 Å². The molecule has 0 bridgehead atoms. The summed E-state index contributed by atoms with van der Waals surface area (Å²) in [5.41, 5.74) is 0.426. The van der Waals surface area contributed by atoms with Gasteiger partial charge < -0.3 is 9.64 Å². The summed E-state index contributed by atoms with van der Waals surface area (Å²) in [5, 5.41) is 0. The van der Waals surface area contributed by atoms with Crippen molar-refractivity contribution in [2.24, 2.45) is 5.92 Å². The molecule has 0 radical (unpaired) electrons. The van der Waals surface area contributed by atoms with Crippen LogP contribution in [0.4, 0.5) is 0 Å². The predicted octanol–water partition coefficient (Wildman–Crippen LogP) is 1.97. The summed E-state index contributed by atoms with van der Waals surface area (Å²) in [5.74, 6) is 0.445. The Morgan fingerprint density at radius 2 is 1.92 bits per heavy atom. The average molecular weight is 366 g/mol. The van der Waals surface area contributed by atoms with Crippen molar-refractivity contribution in [2.45, 2.75) is 30.6 Å². The van der Waals surface area contributed by atoms with Crippen LogP contribution in [0.2, 0.25) is 0 Å². The van der Waals surface area contributed by atoms with Gasteiger partial charge in [-0.2, -0.15) is 4.31 Å². The van der Waals surface area contributed by atoms with E-state index in [4.69, 9.17) is 4.74 Å². The first-order valence-electron chi connectivity index (χ1n) is 8.92. The summed E-state index contributed by atoms with van der Waals surface area (Å²) in [7, 11) is -1.79. The number of sulfonamides is 1. The molecule has 1 aliphatic heterocycles. The quantitative estimate of drug-likeness (QED) is 0.799. The Labute approximate surface area is 149 Å². The van der Waals surface area contributed by atoms with Gasteiger partial charge in [0.05, 0.1) is 18.1 Å². The molecule has 0 atom stereocenters. The third kappa shape index (κ3) is 4.22. The normalized spacial score (nSPS) is 19.9. The Balaban J connectivity index is 1.74. The molecule has 1 amide bonds. The van der Waals surface area contributed by atoms with Crippen molar-refractivity contribution in [3.63, 3.8) is 0 Å². The summed E-state index contributed by atoms with van der Waals surface area (Å²) in [6, 6.07) is 6.38. The van der Waals surface area contributed by atoms with E-state index < -0.39 is 10.0 Å². The molecule has 0 aromatic heterocycles. The van der Waals surface area contributed by atoms with Gasteiger partial charge in [-0.05, 0) is 37.0 Å². The molecule has 0 N–H and O–H groups in total. The highest BCUT2D eigenvalue weighted by atomic mass is 32.2. The molecule has 0 spiro atoms. The maximum absolute atomic E-state index is 12.8. The molecule has 25 heavy (non-hydrogen) atoms. The van der Waals surface area contributed by atoms with Crippen molar-refractivity contribution in [1.29, 1.82) is 0 Å². The molecule has 138 valence electrons. The fourth-order valence-electron chi connectivity index (χ4n) is 3.61. The van der Waals surface area contributed by atoms with Gasteiger partial charge in [0.1, 0.15) is 0 Å². The molecule has 7 heteroatoms. The second-order valence-electron chi connectivity index (χ2n) is 6.88. The molecule has 0 unspecified atom stereocenters. The molecule has 3 rings (SSSR count). The van der Waals surface area contributed by atoms with Crippen LogP contribution in [0.3, 0.4) is 0 Å². The lowest BCUT2D eigenvalue weighted by molar-refractivity contribution is 0.0730. The summed E-state index contributed by atoms with van der Waals surface area (Å²) in [4.78, 5) is 14.6. The number of rotatable bonds is 5. The Bertz CT molecular complexity index is 708. The van der Waals surface area contributed by atoms with Crippen LogP contribution in [-0.4, -0.2) is 63.4 Å². The number of ether oxygens (including phenoxy) is 1. The lowest BCUT2D eigenvalue weighted by atomic mass is 10.1. The molecular weight excluding hydrogens is 340 g/mol. The van der Waals surface area contributed by atoms with Crippen molar-refractivity contribution < 1.29 is 17.9 Å². The fraction of sp³-hybridized carbons (Fsp3) is 0.611. The minimum Gasteiger partial charge on any atom is -0.379 e. The fourth-order valence-corrected chi connectivity index (χ4v) is 5.06. The van der Waals surface area contributed by atoms with Gasteiger partial charge in [0.2, 0.25) is 10.0 Å². The van der Waals surface area contributed by atoms with E-state index in [-0.39, 0.29) is 10.8 Å². The first-order valence-corrected chi connectivity index (χ1v) is 10.4. The molecule has 1 saturated carbocycles. The molecule has 6 nitrogen and oxygen atoms in total. The molecule has 1 aromatic rings. The van der Waals surface area contributed by atoms with Crippen LogP contribution in [0.15, 0.2) is 29.2 Å². The zero-order valence-corrected chi connectivity index (χ0v) is 15.5. The van der Waals surface area contributed by atoms with Gasteiger partial charge in [0, 0.05) is 32.2 Å². The van der Waals surface area contributed by atoms with Crippen LogP contribution < -0.4 is 0 Å². The number of carbonyl (C=O) groups is 1. The number of morpholine rings is 1. The summed E-state index contributed by atoms with van der Waals surface area (Å²) in [6.07, 6.45) is 4.81. The maximum Gasteiger partial charge on any atom is 0.253 e. The maximum atomic E-state index is 12.8. The highest BCUT2D eigenvalue weighted by molar-refractivity contribution is 7.89. The van der Waals surface area contributed by atoms with E-state index in [1.54, 1.807) is 30.1 Å². The van der Waals surface area contributed by atoms with E-state index in [0.717, 1.165) is 6.54 Å². The third-order valence-corrected chi connectivity index (χ3v) is 6.94. The zero-order chi connectivity index (χ0) is 17.9. The SMILES string of the molecule is CN(CC1CCCC1)C(=O)c1cccc(S(=O)(=O)N2CCOCC2)c1. The minimum atomic E-state index is -3.58. The van der Waals surface area contributed by atoms with E-state index in [0.29, 0.717) is 37.8 Å². The van der Waals surface area contributed by atoms with Crippen LogP contribution in [0.1, 0.15) is 36.0 Å². The summed E-state index contributed by atoms with van der Waals surface area (Å²) < 4.78 is 32.2. The second-order valence-corrected chi connectivity index (χ2v) is 8.82. The van der Waals surface area contributed by atoms with E-state index in [1.807, 2.05) is 0 Å². The van der Waals surface area contributed by atoms with Gasteiger partial charge in [0.15, 0.2) is 0 Å². The third-order valence-electron chi connectivity index (χ3n) is 5.04. The van der Waals surface area contributed by atoms with Gasteiger partial charge in [-0.3, -0.25) is 4.79 Å². The van der Waals surface area contributed by atoms with E-state index in [2.05, 4.69) is 0 Å². The molecule has 1 saturated heterocycles. The minimum absolute atomic E-state index is 0.120. The Morgan fingerprint density at radius 3 is 2.60 bits per heavy atom. The van der Waals surface area contributed by atoms with Crippen molar-refractivity contribution in [1.82, 2.24) is 9.21 Å². The van der Waals surface area contributed by atoms with Gasteiger partial charge in [-0.15, -0.1) is 0 Å². The van der Waals surface area contributed by atoms with Gasteiger partial charge >= 0.3 is 0 Å². The lowest BCUT2D eigenvalue weighted by Gasteiger charge is -2.26. The highest BCUT2D eigenvalue weighted by Gasteiger charge is 2.27. The van der Waals surface area contributed by atoms with Gasteiger partial charge in [0.25, 0.3) is 5.91 Å². The lowest BCUT2D eigenvalue weighted by Crippen LogP contribution is -2.40. The monoisotopic (exact) mass is 366 g/mol. The van der Waals surface area contributed by atoms with Crippen LogP contribution in [-0.2, 0) is 14.8 Å². The number of benzene rings is 1. The summed E-state index contributed by atoms with van der Waals surface area (Å²) in [6.45, 7) is 2.24. The zero-order valence-electron chi connectivity index (χ0n) is 14.7. The average Bonchev–Trinajstić information content (AvgIpc) is 3.15. The van der Waals surface area contributed by atoms with Crippen LogP contribution in [0, 0.1) is 5.92 Å². The van der Waals surface area contributed by atoms with E-state index in [9.17, 15) is 13.2 Å². The molecule has 1 aromatic carbocycles. The van der Waals surface area contributed by atoms with Crippen LogP contribution in [0.5, 0.6) is 0 Å². The van der Waals surface area contributed by atoms with E-state index in [1.165, 1.54) is 36.1 Å². The van der Waals surface area contributed by atoms with Crippen molar-refractivity contribution in [2.75, 3.05) is 39.9 Å². The van der Waals surface area contributed by atoms with Crippen molar-refractivity contribution >= 4 is 15.9 Å². The first-order chi connectivity index (χ1) is 12.0. The number of hydrogen-bond acceptors (Lipinski definition) is 4. The molecule has 2 fully saturated rings. The number of carbonyl (C=O) groups excluding carboxylic acids is 1. The standard InChI is InChI=1S/C18H26N2O4S/c1-19(14-15-5-2-3-6-15)18(21)16-7-4-8-17(13-16)25(22,23)20-9-11-24-12-10-20/h4,7-8,13,15H,2-3,5-6,9-12,14H2,1H3. The molecule has 1 heterocycles. The first kappa shape index (κ1) is 18.4. The van der Waals surface area contributed by atoms with Crippen LogP contribution in [0.25, 0.3) is 0 Å². The highest BCUT2D eigenvalue weighted by Crippen LogP contribution is 2.26. The Hall–Kier alpha value is -1.44. The Kier molecular flexibility index (Phi) is 5.76. The van der Waals surface area contributed by atoms with Crippen LogP contribution >= 0.6 is 0 Å². The Morgan fingerprint density at radius 1 is 1.24 bits per heavy atom. The number of hydrogen-bond donors (Lipinski definition) is 0. The predicted molar refractivity (Wildman–Crippen MR) is 94.9 cm³/mol. The van der Waals surface area contributed by atoms with Gasteiger partial charge in [-0.25, -0.2) is 8.42 Å².